The molecule has 0 atom stereocenters. The molecule has 0 amide bonds. The predicted molar refractivity (Wildman–Crippen MR) is 246 cm³/mol. The van der Waals surface area contributed by atoms with Crippen LogP contribution in [0, 0.1) is 0 Å². The van der Waals surface area contributed by atoms with Crippen LogP contribution in [0.15, 0.2) is 207 Å². The molecule has 280 valence electrons. The molecule has 4 heterocycles. The van der Waals surface area contributed by atoms with Gasteiger partial charge in [0.25, 0.3) is 0 Å². The second kappa shape index (κ2) is 13.7. The van der Waals surface area contributed by atoms with Crippen LogP contribution in [0.25, 0.3) is 111 Å². The molecule has 4 aromatic heterocycles. The number of aromatic nitrogens is 6. The van der Waals surface area contributed by atoms with Gasteiger partial charge in [-0.25, -0.2) is 15.0 Å². The van der Waals surface area contributed by atoms with Crippen molar-refractivity contribution in [2.24, 2.45) is 0 Å². The van der Waals surface area contributed by atoms with E-state index in [1.807, 2.05) is 73.1 Å². The Bertz CT molecular complexity index is 3520. The maximum atomic E-state index is 4.98. The molecule has 60 heavy (non-hydrogen) atoms. The SMILES string of the molecule is c1ccc(-c2nc(-c3ccccc3)nc(-c3ccc(-n4c5ccccc5c5c(-c6ccc7c(c6)c6ccccc6n7-c6cncc7ccccc67)cccc54)cc3)n2)cc1. The van der Waals surface area contributed by atoms with Gasteiger partial charge in [0.2, 0.25) is 0 Å². The van der Waals surface area contributed by atoms with Crippen LogP contribution in [-0.2, 0) is 0 Å². The lowest BCUT2D eigenvalue weighted by Gasteiger charge is -2.12. The molecule has 0 aliphatic carbocycles. The van der Waals surface area contributed by atoms with E-state index in [2.05, 4.69) is 148 Å². The smallest absolute Gasteiger partial charge is 0.164 e. The standard InChI is InChI=1S/C54H34N6/c1-3-14-35(15-4-1)52-56-53(36-16-5-2-6-17-36)58-54(57-52)37-26-29-40(30-27-37)59-47-24-12-10-21-44(47)51-42(22-13-25-49(51)59)38-28-31-48-45(32-38)43-20-9-11-23-46(43)60(48)50-34-55-33-39-18-7-8-19-41(39)50/h1-34H. The van der Waals surface area contributed by atoms with Crippen molar-refractivity contribution in [2.45, 2.75) is 0 Å². The third kappa shape index (κ3) is 5.42. The molecule has 0 unspecified atom stereocenters. The van der Waals surface area contributed by atoms with Crippen molar-refractivity contribution >= 4 is 54.4 Å². The van der Waals surface area contributed by atoms with Gasteiger partial charge in [-0.1, -0.05) is 140 Å². The molecule has 0 aliphatic heterocycles. The average molecular weight is 767 g/mol. The normalized spacial score (nSPS) is 11.7. The van der Waals surface area contributed by atoms with Crippen molar-refractivity contribution in [3.8, 4) is 56.7 Å². The molecule has 0 aliphatic rings. The van der Waals surface area contributed by atoms with E-state index in [1.165, 1.54) is 38.1 Å². The highest BCUT2D eigenvalue weighted by atomic mass is 15.0. The molecule has 0 saturated heterocycles. The molecule has 6 heteroatoms. The van der Waals surface area contributed by atoms with E-state index in [9.17, 15) is 0 Å². The maximum absolute atomic E-state index is 4.98. The van der Waals surface area contributed by atoms with Gasteiger partial charge in [0.15, 0.2) is 17.5 Å². The van der Waals surface area contributed by atoms with Crippen LogP contribution in [0.2, 0.25) is 0 Å². The summed E-state index contributed by atoms with van der Waals surface area (Å²) in [5, 5.41) is 7.13. The van der Waals surface area contributed by atoms with E-state index in [1.54, 1.807) is 0 Å². The fourth-order valence-electron chi connectivity index (χ4n) is 8.91. The van der Waals surface area contributed by atoms with Crippen LogP contribution in [-0.4, -0.2) is 29.1 Å². The lowest BCUT2D eigenvalue weighted by atomic mass is 9.98. The molecule has 12 aromatic rings. The minimum absolute atomic E-state index is 0.632. The van der Waals surface area contributed by atoms with Gasteiger partial charge in [-0.05, 0) is 65.7 Å². The highest BCUT2D eigenvalue weighted by Gasteiger charge is 2.20. The number of para-hydroxylation sites is 2. The molecule has 0 fully saturated rings. The Kier molecular flexibility index (Phi) is 7.74. The van der Waals surface area contributed by atoms with Crippen LogP contribution in [0.3, 0.4) is 0 Å². The number of rotatable bonds is 6. The minimum atomic E-state index is 0.632. The first kappa shape index (κ1) is 33.9. The highest BCUT2D eigenvalue weighted by molar-refractivity contribution is 6.17. The molecule has 12 rings (SSSR count). The first-order valence-electron chi connectivity index (χ1n) is 20.1. The van der Waals surface area contributed by atoms with Gasteiger partial charge in [0.1, 0.15) is 0 Å². The molecular formula is C54H34N6. The van der Waals surface area contributed by atoms with Gasteiger partial charge >= 0.3 is 0 Å². The first-order chi connectivity index (χ1) is 29.8. The van der Waals surface area contributed by atoms with Crippen LogP contribution in [0.5, 0.6) is 0 Å². The fourth-order valence-corrected chi connectivity index (χ4v) is 8.91. The number of pyridine rings is 1. The van der Waals surface area contributed by atoms with Gasteiger partial charge in [-0.2, -0.15) is 0 Å². The highest BCUT2D eigenvalue weighted by Crippen LogP contribution is 2.42. The van der Waals surface area contributed by atoms with Crippen LogP contribution >= 0.6 is 0 Å². The molecule has 0 bridgehead atoms. The summed E-state index contributed by atoms with van der Waals surface area (Å²) in [6, 6.07) is 68.2. The predicted octanol–water partition coefficient (Wildman–Crippen LogP) is 13.3. The summed E-state index contributed by atoms with van der Waals surface area (Å²) in [5.74, 6) is 1.92. The van der Waals surface area contributed by atoms with Gasteiger partial charge in [0.05, 0.1) is 34.0 Å². The molecule has 6 nitrogen and oxygen atoms in total. The number of nitrogens with zero attached hydrogens (tertiary/aromatic N) is 6. The Morgan fingerprint density at radius 1 is 0.333 bits per heavy atom. The van der Waals surface area contributed by atoms with Crippen molar-refractivity contribution < 1.29 is 0 Å². The third-order valence-electron chi connectivity index (χ3n) is 11.7. The summed E-state index contributed by atoms with van der Waals surface area (Å²) in [4.78, 5) is 19.5. The lowest BCUT2D eigenvalue weighted by Crippen LogP contribution is -2.00. The largest absolute Gasteiger partial charge is 0.309 e. The van der Waals surface area contributed by atoms with Crippen molar-refractivity contribution in [3.63, 3.8) is 0 Å². The van der Waals surface area contributed by atoms with E-state index in [0.29, 0.717) is 17.5 Å². The van der Waals surface area contributed by atoms with E-state index in [0.717, 1.165) is 55.5 Å². The summed E-state index contributed by atoms with van der Waals surface area (Å²) in [6.07, 6.45) is 3.92. The third-order valence-corrected chi connectivity index (χ3v) is 11.7. The van der Waals surface area contributed by atoms with Crippen LogP contribution < -0.4 is 0 Å². The van der Waals surface area contributed by atoms with E-state index >= 15 is 0 Å². The zero-order valence-corrected chi connectivity index (χ0v) is 32.3. The van der Waals surface area contributed by atoms with Crippen LogP contribution in [0.1, 0.15) is 0 Å². The molecule has 8 aromatic carbocycles. The summed E-state index contributed by atoms with van der Waals surface area (Å²) in [7, 11) is 0. The number of hydrogen-bond acceptors (Lipinski definition) is 4. The number of hydrogen-bond donors (Lipinski definition) is 0. The maximum Gasteiger partial charge on any atom is 0.164 e. The topological polar surface area (TPSA) is 61.4 Å². The Morgan fingerprint density at radius 2 is 0.867 bits per heavy atom. The van der Waals surface area contributed by atoms with Crippen LogP contribution in [0.4, 0.5) is 0 Å². The first-order valence-corrected chi connectivity index (χ1v) is 20.1. The van der Waals surface area contributed by atoms with Gasteiger partial charge in [0, 0.05) is 60.9 Å². The van der Waals surface area contributed by atoms with Crippen molar-refractivity contribution in [1.82, 2.24) is 29.1 Å². The Labute approximate surface area is 345 Å². The average Bonchev–Trinajstić information content (AvgIpc) is 3.84. The number of fused-ring (bicyclic) bond motifs is 7. The molecule has 0 N–H and O–H groups in total. The lowest BCUT2D eigenvalue weighted by molar-refractivity contribution is 1.07. The minimum Gasteiger partial charge on any atom is -0.309 e. The van der Waals surface area contributed by atoms with E-state index < -0.39 is 0 Å². The monoisotopic (exact) mass is 766 g/mol. The van der Waals surface area contributed by atoms with E-state index in [4.69, 9.17) is 15.0 Å². The second-order valence-corrected chi connectivity index (χ2v) is 15.1. The molecular weight excluding hydrogens is 733 g/mol. The second-order valence-electron chi connectivity index (χ2n) is 15.1. The molecule has 0 radical (unpaired) electrons. The number of benzene rings is 8. The zero-order chi connectivity index (χ0) is 39.6. The molecule has 0 spiro atoms. The summed E-state index contributed by atoms with van der Waals surface area (Å²) >= 11 is 0. The Morgan fingerprint density at radius 3 is 1.57 bits per heavy atom. The fraction of sp³-hybridized carbons (Fsp3) is 0. The van der Waals surface area contributed by atoms with Gasteiger partial charge in [-0.15, -0.1) is 0 Å². The van der Waals surface area contributed by atoms with Crippen molar-refractivity contribution in [3.05, 3.63) is 207 Å². The van der Waals surface area contributed by atoms with E-state index in [-0.39, 0.29) is 0 Å². The quantitative estimate of drug-likeness (QED) is 0.169. The van der Waals surface area contributed by atoms with Crippen molar-refractivity contribution in [2.75, 3.05) is 0 Å². The Hall–Kier alpha value is -8.22. The van der Waals surface area contributed by atoms with Gasteiger partial charge in [-0.3, -0.25) is 4.98 Å². The molecule has 0 saturated carbocycles. The summed E-state index contributed by atoms with van der Waals surface area (Å²) in [6.45, 7) is 0. The van der Waals surface area contributed by atoms with Gasteiger partial charge < -0.3 is 9.13 Å². The summed E-state index contributed by atoms with van der Waals surface area (Å²) < 4.78 is 4.73. The zero-order valence-electron chi connectivity index (χ0n) is 32.3. The summed E-state index contributed by atoms with van der Waals surface area (Å²) in [5.41, 5.74) is 11.9. The Balaban J connectivity index is 0.997. The van der Waals surface area contributed by atoms with Crippen molar-refractivity contribution in [1.29, 1.82) is 0 Å².